The van der Waals surface area contributed by atoms with Gasteiger partial charge in [0, 0.05) is 6.54 Å². The van der Waals surface area contributed by atoms with Crippen LogP contribution in [0.5, 0.6) is 5.75 Å². The van der Waals surface area contributed by atoms with Crippen molar-refractivity contribution in [1.29, 1.82) is 0 Å². The van der Waals surface area contributed by atoms with Crippen molar-refractivity contribution >= 4 is 11.3 Å². The summed E-state index contributed by atoms with van der Waals surface area (Å²) >= 11 is 1.44. The predicted octanol–water partition coefficient (Wildman–Crippen LogP) is 1.46. The molecule has 2 N–H and O–H groups in total. The monoisotopic (exact) mass is 302 g/mol. The lowest BCUT2D eigenvalue weighted by Gasteiger charge is -2.07. The third-order valence-electron chi connectivity index (χ3n) is 2.85. The fourth-order valence-corrected chi connectivity index (χ4v) is 2.49. The Morgan fingerprint density at radius 2 is 2.00 bits per heavy atom. The minimum absolute atomic E-state index is 0.297. The second-order valence-electron chi connectivity index (χ2n) is 4.30. The molecule has 108 valence electrons. The lowest BCUT2D eigenvalue weighted by Crippen LogP contribution is -2.09. The Hall–Kier alpha value is -2.32. The van der Waals surface area contributed by atoms with E-state index < -0.39 is 0 Å². The Morgan fingerprint density at radius 3 is 2.67 bits per heavy atom. The standard InChI is InChI=1S/C13H14N6OS/c1-9-15-17-13(21-9)19-12(11(7-14)16-18-19)8-20-10-5-3-2-4-6-10/h2-6H,7-8,14H2,1H3. The molecule has 0 spiro atoms. The fourth-order valence-electron chi connectivity index (χ4n) is 1.83. The molecule has 0 aliphatic heterocycles. The third-order valence-corrected chi connectivity index (χ3v) is 3.67. The maximum absolute atomic E-state index is 5.76. The molecule has 21 heavy (non-hydrogen) atoms. The molecule has 3 rings (SSSR count). The molecule has 0 unspecified atom stereocenters. The molecule has 0 saturated heterocycles. The predicted molar refractivity (Wildman–Crippen MR) is 78.2 cm³/mol. The lowest BCUT2D eigenvalue weighted by molar-refractivity contribution is 0.296. The zero-order valence-corrected chi connectivity index (χ0v) is 12.2. The Balaban J connectivity index is 1.87. The molecular formula is C13H14N6OS. The summed E-state index contributed by atoms with van der Waals surface area (Å²) in [6.07, 6.45) is 0. The van der Waals surface area contributed by atoms with Crippen molar-refractivity contribution in [2.24, 2.45) is 5.73 Å². The normalized spacial score (nSPS) is 10.8. The quantitative estimate of drug-likeness (QED) is 0.767. The van der Waals surface area contributed by atoms with Crippen LogP contribution in [0.3, 0.4) is 0 Å². The van der Waals surface area contributed by atoms with Crippen LogP contribution < -0.4 is 10.5 Å². The van der Waals surface area contributed by atoms with Gasteiger partial charge < -0.3 is 10.5 Å². The van der Waals surface area contributed by atoms with Crippen LogP contribution in [0.15, 0.2) is 30.3 Å². The summed E-state index contributed by atoms with van der Waals surface area (Å²) in [5.74, 6) is 0.779. The Labute approximate surface area is 125 Å². The molecule has 2 aromatic heterocycles. The molecule has 0 fully saturated rings. The summed E-state index contributed by atoms with van der Waals surface area (Å²) in [4.78, 5) is 0. The summed E-state index contributed by atoms with van der Waals surface area (Å²) in [7, 11) is 0. The van der Waals surface area contributed by atoms with Gasteiger partial charge >= 0.3 is 0 Å². The molecule has 0 saturated carbocycles. The number of rotatable bonds is 5. The van der Waals surface area contributed by atoms with Crippen molar-refractivity contribution in [3.63, 3.8) is 0 Å². The van der Waals surface area contributed by atoms with E-state index in [9.17, 15) is 0 Å². The van der Waals surface area contributed by atoms with E-state index in [0.717, 1.165) is 16.5 Å². The van der Waals surface area contributed by atoms with Gasteiger partial charge in [-0.3, -0.25) is 0 Å². The first-order chi connectivity index (χ1) is 10.3. The molecule has 0 amide bonds. The smallest absolute Gasteiger partial charge is 0.234 e. The highest BCUT2D eigenvalue weighted by Gasteiger charge is 2.16. The van der Waals surface area contributed by atoms with Gasteiger partial charge in [-0.1, -0.05) is 34.7 Å². The van der Waals surface area contributed by atoms with Gasteiger partial charge in [0.1, 0.15) is 28.8 Å². The SMILES string of the molecule is Cc1nnc(-n2nnc(CN)c2COc2ccccc2)s1. The summed E-state index contributed by atoms with van der Waals surface area (Å²) in [5.41, 5.74) is 7.19. The van der Waals surface area contributed by atoms with Crippen LogP contribution in [-0.4, -0.2) is 25.2 Å². The molecule has 1 aromatic carbocycles. The number of benzene rings is 1. The van der Waals surface area contributed by atoms with Crippen molar-refractivity contribution in [2.75, 3.05) is 0 Å². The van der Waals surface area contributed by atoms with Crippen molar-refractivity contribution in [3.05, 3.63) is 46.7 Å². The molecule has 7 nitrogen and oxygen atoms in total. The van der Waals surface area contributed by atoms with E-state index in [2.05, 4.69) is 20.5 Å². The highest BCUT2D eigenvalue weighted by molar-refractivity contribution is 7.13. The van der Waals surface area contributed by atoms with Crippen molar-refractivity contribution < 1.29 is 4.74 Å². The van der Waals surface area contributed by atoms with Crippen LogP contribution in [0.1, 0.15) is 16.4 Å². The van der Waals surface area contributed by atoms with Crippen molar-refractivity contribution in [1.82, 2.24) is 25.2 Å². The number of aromatic nitrogens is 5. The Bertz CT molecular complexity index is 723. The number of para-hydroxylation sites is 1. The molecule has 0 bridgehead atoms. The maximum atomic E-state index is 5.76. The van der Waals surface area contributed by atoms with Crippen LogP contribution >= 0.6 is 11.3 Å². The zero-order valence-electron chi connectivity index (χ0n) is 11.4. The van der Waals surface area contributed by atoms with Crippen LogP contribution in [-0.2, 0) is 13.2 Å². The number of hydrogen-bond donors (Lipinski definition) is 1. The van der Waals surface area contributed by atoms with Crippen LogP contribution in [0.4, 0.5) is 0 Å². The second-order valence-corrected chi connectivity index (χ2v) is 5.46. The average molecular weight is 302 g/mol. The summed E-state index contributed by atoms with van der Waals surface area (Å²) in [6, 6.07) is 9.57. The van der Waals surface area contributed by atoms with Crippen molar-refractivity contribution in [2.45, 2.75) is 20.1 Å². The highest BCUT2D eigenvalue weighted by Crippen LogP contribution is 2.19. The van der Waals surface area contributed by atoms with Gasteiger partial charge in [0.25, 0.3) is 0 Å². The first kappa shape index (κ1) is 13.7. The van der Waals surface area contributed by atoms with E-state index in [0.29, 0.717) is 24.0 Å². The minimum atomic E-state index is 0.297. The Morgan fingerprint density at radius 1 is 1.19 bits per heavy atom. The molecule has 8 heteroatoms. The number of nitrogens with zero attached hydrogens (tertiary/aromatic N) is 5. The first-order valence-electron chi connectivity index (χ1n) is 6.40. The third kappa shape index (κ3) is 2.91. The van der Waals surface area contributed by atoms with Crippen LogP contribution in [0.25, 0.3) is 5.13 Å². The molecule has 2 heterocycles. The molecule has 0 aliphatic carbocycles. The van der Waals surface area contributed by atoms with Gasteiger partial charge in [0.15, 0.2) is 0 Å². The number of aryl methyl sites for hydroxylation is 1. The summed E-state index contributed by atoms with van der Waals surface area (Å²) < 4.78 is 7.40. The zero-order chi connectivity index (χ0) is 14.7. The molecule has 0 radical (unpaired) electrons. The van der Waals surface area contributed by atoms with Crippen LogP contribution in [0, 0.1) is 6.92 Å². The average Bonchev–Trinajstić information content (AvgIpc) is 3.11. The first-order valence-corrected chi connectivity index (χ1v) is 7.21. The minimum Gasteiger partial charge on any atom is -0.487 e. The van der Waals surface area contributed by atoms with Crippen LogP contribution in [0.2, 0.25) is 0 Å². The highest BCUT2D eigenvalue weighted by atomic mass is 32.1. The number of hydrogen-bond acceptors (Lipinski definition) is 7. The lowest BCUT2D eigenvalue weighted by atomic mass is 10.3. The van der Waals surface area contributed by atoms with E-state index in [1.54, 1.807) is 4.68 Å². The van der Waals surface area contributed by atoms with E-state index in [1.165, 1.54) is 11.3 Å². The van der Waals surface area contributed by atoms with E-state index in [1.807, 2.05) is 37.3 Å². The largest absolute Gasteiger partial charge is 0.487 e. The molecule has 3 aromatic rings. The van der Waals surface area contributed by atoms with Gasteiger partial charge in [0.2, 0.25) is 5.13 Å². The number of ether oxygens (including phenoxy) is 1. The van der Waals surface area contributed by atoms with E-state index in [4.69, 9.17) is 10.5 Å². The van der Waals surface area contributed by atoms with E-state index >= 15 is 0 Å². The second kappa shape index (κ2) is 5.98. The molecule has 0 aliphatic rings. The summed E-state index contributed by atoms with van der Waals surface area (Å²) in [5, 5.41) is 17.8. The van der Waals surface area contributed by atoms with E-state index in [-0.39, 0.29) is 0 Å². The maximum Gasteiger partial charge on any atom is 0.234 e. The fraction of sp³-hybridized carbons (Fsp3) is 0.231. The molecular weight excluding hydrogens is 288 g/mol. The van der Waals surface area contributed by atoms with Gasteiger partial charge in [-0.2, -0.15) is 4.68 Å². The van der Waals surface area contributed by atoms with Gasteiger partial charge in [-0.25, -0.2) is 0 Å². The Kier molecular flexibility index (Phi) is 3.89. The molecule has 0 atom stereocenters. The van der Waals surface area contributed by atoms with Gasteiger partial charge in [-0.05, 0) is 19.1 Å². The number of nitrogens with two attached hydrogens (primary N) is 1. The van der Waals surface area contributed by atoms with Gasteiger partial charge in [0.05, 0.1) is 0 Å². The topological polar surface area (TPSA) is 91.7 Å². The van der Waals surface area contributed by atoms with Crippen molar-refractivity contribution in [3.8, 4) is 10.9 Å². The van der Waals surface area contributed by atoms with Gasteiger partial charge in [-0.15, -0.1) is 15.3 Å². The summed E-state index contributed by atoms with van der Waals surface area (Å²) in [6.45, 7) is 2.51.